The molecule has 2 aromatic carbocycles. The summed E-state index contributed by atoms with van der Waals surface area (Å²) in [7, 11) is 2.01. The molecule has 2 aliphatic heterocycles. The highest BCUT2D eigenvalue weighted by molar-refractivity contribution is 6.06. The number of carbonyl (C=O) groups excluding carboxylic acids is 1. The Morgan fingerprint density at radius 2 is 1.50 bits per heavy atom. The van der Waals surface area contributed by atoms with E-state index in [1.165, 1.54) is 24.5 Å². The Balaban J connectivity index is 1.52. The molecule has 8 nitrogen and oxygen atoms in total. The number of carbonyl (C=O) groups is 1. The van der Waals surface area contributed by atoms with E-state index in [0.717, 1.165) is 0 Å². The Hall–Kier alpha value is -3.77. The lowest BCUT2D eigenvalue weighted by Gasteiger charge is -2.44. The van der Waals surface area contributed by atoms with Gasteiger partial charge in [0.1, 0.15) is 5.82 Å². The van der Waals surface area contributed by atoms with Crippen LogP contribution in [-0.2, 0) is 4.74 Å². The summed E-state index contributed by atoms with van der Waals surface area (Å²) < 4.78 is 62.2. The van der Waals surface area contributed by atoms with Crippen molar-refractivity contribution in [2.75, 3.05) is 61.6 Å². The lowest BCUT2D eigenvalue weighted by atomic mass is 10.0. The topological polar surface area (TPSA) is 73.8 Å². The van der Waals surface area contributed by atoms with Gasteiger partial charge in [-0.15, -0.1) is 0 Å². The molecular weight excluding hydrogens is 528 g/mol. The van der Waals surface area contributed by atoms with Crippen molar-refractivity contribution in [3.8, 4) is 11.1 Å². The first kappa shape index (κ1) is 27.8. The molecule has 3 aromatic rings. The molecule has 1 aromatic heterocycles. The molecule has 0 saturated carbocycles. The van der Waals surface area contributed by atoms with Gasteiger partial charge >= 0.3 is 0 Å². The second-order valence-electron chi connectivity index (χ2n) is 10.2. The quantitative estimate of drug-likeness (QED) is 0.370. The number of hydrogen-bond acceptors (Lipinski definition) is 7. The number of nitrogens with zero attached hydrogens (tertiary/aromatic N) is 5. The highest BCUT2D eigenvalue weighted by atomic mass is 19.2. The van der Waals surface area contributed by atoms with Crippen molar-refractivity contribution < 1.29 is 27.1 Å². The maximum Gasteiger partial charge on any atom is 0.255 e. The van der Waals surface area contributed by atoms with E-state index in [1.54, 1.807) is 0 Å². The van der Waals surface area contributed by atoms with Crippen LogP contribution in [0.3, 0.4) is 0 Å². The van der Waals surface area contributed by atoms with Crippen molar-refractivity contribution in [3.05, 3.63) is 65.5 Å². The normalized spacial score (nSPS) is 20.1. The number of morpholine rings is 1. The number of likely N-dealkylation sites (N-methyl/N-ethyl adjacent to an activating group) is 1. The Bertz CT molecular complexity index is 1370. The van der Waals surface area contributed by atoms with Crippen LogP contribution in [0.2, 0.25) is 0 Å². The predicted molar refractivity (Wildman–Crippen MR) is 144 cm³/mol. The first-order valence-electron chi connectivity index (χ1n) is 13.0. The highest BCUT2D eigenvalue weighted by Gasteiger charge is 2.29. The molecule has 1 amide bonds. The van der Waals surface area contributed by atoms with Crippen molar-refractivity contribution in [3.63, 3.8) is 0 Å². The number of halogens is 4. The third-order valence-electron chi connectivity index (χ3n) is 7.52. The predicted octanol–water partition coefficient (Wildman–Crippen LogP) is 4.32. The molecule has 212 valence electrons. The largest absolute Gasteiger partial charge is 0.378 e. The fraction of sp³-hybridized carbons (Fsp3) is 0.393. The van der Waals surface area contributed by atoms with Gasteiger partial charge < -0.3 is 19.9 Å². The second-order valence-corrected chi connectivity index (χ2v) is 10.2. The molecule has 2 aliphatic rings. The second kappa shape index (κ2) is 11.4. The monoisotopic (exact) mass is 558 g/mol. The number of ether oxygens (including phenoxy) is 1. The van der Waals surface area contributed by atoms with E-state index in [2.05, 4.69) is 20.2 Å². The van der Waals surface area contributed by atoms with E-state index in [1.807, 2.05) is 30.7 Å². The zero-order valence-corrected chi connectivity index (χ0v) is 22.4. The van der Waals surface area contributed by atoms with Gasteiger partial charge in [-0.05, 0) is 45.2 Å². The summed E-state index contributed by atoms with van der Waals surface area (Å²) in [5, 5.41) is 2.66. The fourth-order valence-electron chi connectivity index (χ4n) is 5.01. The number of aromatic nitrogens is 2. The van der Waals surface area contributed by atoms with Gasteiger partial charge in [0, 0.05) is 67.3 Å². The smallest absolute Gasteiger partial charge is 0.255 e. The van der Waals surface area contributed by atoms with E-state index in [-0.39, 0.29) is 23.3 Å². The summed E-state index contributed by atoms with van der Waals surface area (Å²) in [6.07, 6.45) is 3.01. The molecule has 2 atom stereocenters. The molecule has 0 spiro atoms. The lowest BCUT2D eigenvalue weighted by molar-refractivity contribution is 0.102. The maximum atomic E-state index is 15.6. The van der Waals surface area contributed by atoms with Crippen LogP contribution < -0.4 is 15.1 Å². The Morgan fingerprint density at radius 3 is 2.10 bits per heavy atom. The number of piperazine rings is 1. The molecule has 0 bridgehead atoms. The van der Waals surface area contributed by atoms with Crippen molar-refractivity contribution in [1.29, 1.82) is 0 Å². The number of anilines is 3. The van der Waals surface area contributed by atoms with Gasteiger partial charge in [-0.3, -0.25) is 9.69 Å². The van der Waals surface area contributed by atoms with Crippen molar-refractivity contribution in [2.24, 2.45) is 0 Å². The number of hydrogen-bond donors (Lipinski definition) is 1. The average Bonchev–Trinajstić information content (AvgIpc) is 2.95. The van der Waals surface area contributed by atoms with Gasteiger partial charge in [-0.2, -0.15) is 0 Å². The minimum atomic E-state index is -1.66. The van der Waals surface area contributed by atoms with Crippen molar-refractivity contribution in [2.45, 2.75) is 25.9 Å². The number of benzene rings is 2. The van der Waals surface area contributed by atoms with Gasteiger partial charge in [0.05, 0.1) is 24.6 Å². The number of nitrogens with one attached hydrogen (secondary N) is 1. The van der Waals surface area contributed by atoms with Crippen LogP contribution in [0.4, 0.5) is 34.9 Å². The molecule has 40 heavy (non-hydrogen) atoms. The highest BCUT2D eigenvalue weighted by Crippen LogP contribution is 2.36. The van der Waals surface area contributed by atoms with E-state index < -0.39 is 34.7 Å². The van der Waals surface area contributed by atoms with Gasteiger partial charge in [0.25, 0.3) is 5.91 Å². The van der Waals surface area contributed by atoms with Gasteiger partial charge in [0.2, 0.25) is 5.95 Å². The van der Waals surface area contributed by atoms with Crippen molar-refractivity contribution >= 4 is 23.2 Å². The molecular formula is C28H30F4N6O2. The number of amides is 1. The average molecular weight is 559 g/mol. The molecule has 0 aliphatic carbocycles. The maximum absolute atomic E-state index is 15.6. The Kier molecular flexibility index (Phi) is 7.90. The van der Waals surface area contributed by atoms with E-state index in [0.29, 0.717) is 68.7 Å². The third-order valence-corrected chi connectivity index (χ3v) is 7.52. The molecule has 2 unspecified atom stereocenters. The summed E-state index contributed by atoms with van der Waals surface area (Å²) in [6, 6.07) is 4.30. The summed E-state index contributed by atoms with van der Waals surface area (Å²) in [6.45, 7) is 7.62. The zero-order valence-electron chi connectivity index (χ0n) is 22.4. The fourth-order valence-corrected chi connectivity index (χ4v) is 5.01. The molecule has 0 radical (unpaired) electrons. The Morgan fingerprint density at radius 1 is 0.900 bits per heavy atom. The molecule has 2 saturated heterocycles. The van der Waals surface area contributed by atoms with E-state index in [4.69, 9.17) is 4.74 Å². The lowest BCUT2D eigenvalue weighted by Crippen LogP contribution is -2.55. The Labute approximate surface area is 229 Å². The van der Waals surface area contributed by atoms with Crippen LogP contribution in [0.1, 0.15) is 24.2 Å². The first-order chi connectivity index (χ1) is 19.1. The first-order valence-corrected chi connectivity index (χ1v) is 13.0. The van der Waals surface area contributed by atoms with Gasteiger partial charge in [-0.25, -0.2) is 27.5 Å². The standard InChI is InChI=1S/C28H30F4N6O2/c1-16-14-38(15-17(2)36(16)3)25-11-21(29)20(19-12-33-28(34-13-19)37-4-6-40-7-5-37)10-24(25)35-27(39)18-8-22(30)26(32)23(31)9-18/h8-13,16-17H,4-7,14-15H2,1-3H3,(H,35,39). The van der Waals surface area contributed by atoms with Crippen LogP contribution in [-0.4, -0.2) is 79.3 Å². The van der Waals surface area contributed by atoms with Crippen LogP contribution in [0, 0.1) is 23.3 Å². The van der Waals surface area contributed by atoms with Gasteiger partial charge in [-0.1, -0.05) is 0 Å². The molecule has 2 fully saturated rings. The molecule has 1 N–H and O–H groups in total. The SMILES string of the molecule is CC1CN(c2cc(F)c(-c3cnc(N4CCOCC4)nc3)cc2NC(=O)c2cc(F)c(F)c(F)c2)CC(C)N1C. The minimum absolute atomic E-state index is 0.136. The van der Waals surface area contributed by atoms with E-state index >= 15 is 4.39 Å². The molecule has 12 heteroatoms. The summed E-state index contributed by atoms with van der Waals surface area (Å²) in [4.78, 5) is 28.0. The van der Waals surface area contributed by atoms with Crippen LogP contribution in [0.15, 0.2) is 36.7 Å². The molecule has 3 heterocycles. The minimum Gasteiger partial charge on any atom is -0.378 e. The molecule has 5 rings (SSSR count). The third kappa shape index (κ3) is 5.59. The van der Waals surface area contributed by atoms with Crippen LogP contribution in [0.5, 0.6) is 0 Å². The van der Waals surface area contributed by atoms with E-state index in [9.17, 15) is 18.0 Å². The van der Waals surface area contributed by atoms with Crippen molar-refractivity contribution in [1.82, 2.24) is 14.9 Å². The van der Waals surface area contributed by atoms with Gasteiger partial charge in [0.15, 0.2) is 17.5 Å². The summed E-state index contributed by atoms with van der Waals surface area (Å²) >= 11 is 0. The summed E-state index contributed by atoms with van der Waals surface area (Å²) in [5.74, 6) is -5.55. The summed E-state index contributed by atoms with van der Waals surface area (Å²) in [5.41, 5.74) is 0.754. The number of rotatable bonds is 5. The van der Waals surface area contributed by atoms with Crippen LogP contribution >= 0.6 is 0 Å². The zero-order chi connectivity index (χ0) is 28.6. The van der Waals surface area contributed by atoms with Crippen LogP contribution in [0.25, 0.3) is 11.1 Å².